The van der Waals surface area contributed by atoms with Crippen LogP contribution in [0.25, 0.3) is 0 Å². The Morgan fingerprint density at radius 2 is 1.62 bits per heavy atom. The minimum absolute atomic E-state index is 0.120. The maximum Gasteiger partial charge on any atom is 0.225 e. The Balaban J connectivity index is 1.75. The summed E-state index contributed by atoms with van der Waals surface area (Å²) < 4.78 is 0. The zero-order valence-electron chi connectivity index (χ0n) is 11.4. The molecule has 110 valence electrons. The molecule has 21 heavy (non-hydrogen) atoms. The van der Waals surface area contributed by atoms with Gasteiger partial charge in [0, 0.05) is 19.5 Å². The molecule has 0 aromatic heterocycles. The number of para-hydroxylation sites is 1. The minimum Gasteiger partial charge on any atom is -0.324 e. The molecule has 0 unspecified atom stereocenters. The Hall–Kier alpha value is -1.55. The van der Waals surface area contributed by atoms with Crippen LogP contribution in [0.3, 0.4) is 0 Å². The number of hydrogen-bond acceptors (Lipinski definition) is 2. The first kappa shape index (κ1) is 15.8. The van der Waals surface area contributed by atoms with Gasteiger partial charge >= 0.3 is 0 Å². The highest BCUT2D eigenvalue weighted by Gasteiger charge is 2.09. The summed E-state index contributed by atoms with van der Waals surface area (Å²) in [6.07, 6.45) is 0.356. The van der Waals surface area contributed by atoms with Crippen LogP contribution in [0.5, 0.6) is 0 Å². The van der Waals surface area contributed by atoms with Gasteiger partial charge in [0.1, 0.15) is 0 Å². The standard InChI is InChI=1S/C16H16Cl2N2O/c17-13-7-4-8-14(18)16(13)20-15(21)9-10-19-11-12-5-2-1-3-6-12/h1-8,19H,9-11H2,(H,20,21). The largest absolute Gasteiger partial charge is 0.324 e. The van der Waals surface area contributed by atoms with Crippen molar-refractivity contribution in [3.8, 4) is 0 Å². The van der Waals surface area contributed by atoms with E-state index < -0.39 is 0 Å². The van der Waals surface area contributed by atoms with E-state index in [1.807, 2.05) is 30.3 Å². The fraction of sp³-hybridized carbons (Fsp3) is 0.188. The number of hydrogen-bond donors (Lipinski definition) is 2. The molecule has 2 N–H and O–H groups in total. The molecular formula is C16H16Cl2N2O. The fourth-order valence-corrected chi connectivity index (χ4v) is 2.34. The van der Waals surface area contributed by atoms with Gasteiger partial charge in [-0.3, -0.25) is 4.79 Å². The maximum absolute atomic E-state index is 11.9. The van der Waals surface area contributed by atoms with Crippen LogP contribution in [0.2, 0.25) is 10.0 Å². The van der Waals surface area contributed by atoms with Crippen LogP contribution < -0.4 is 10.6 Å². The van der Waals surface area contributed by atoms with Gasteiger partial charge in [0.05, 0.1) is 15.7 Å². The third-order valence-electron chi connectivity index (χ3n) is 2.93. The molecule has 5 heteroatoms. The number of anilines is 1. The van der Waals surface area contributed by atoms with Crippen LogP contribution in [-0.4, -0.2) is 12.5 Å². The smallest absolute Gasteiger partial charge is 0.225 e. The van der Waals surface area contributed by atoms with Crippen LogP contribution in [0, 0.1) is 0 Å². The molecule has 0 atom stereocenters. The predicted molar refractivity (Wildman–Crippen MR) is 87.9 cm³/mol. The molecule has 2 rings (SSSR count). The molecule has 0 aliphatic heterocycles. The van der Waals surface area contributed by atoms with Crippen molar-refractivity contribution in [2.24, 2.45) is 0 Å². The molecule has 0 spiro atoms. The third kappa shape index (κ3) is 5.05. The summed E-state index contributed by atoms with van der Waals surface area (Å²) in [7, 11) is 0. The Morgan fingerprint density at radius 1 is 0.952 bits per heavy atom. The highest BCUT2D eigenvalue weighted by atomic mass is 35.5. The average Bonchev–Trinajstić information content (AvgIpc) is 2.49. The van der Waals surface area contributed by atoms with Crippen molar-refractivity contribution < 1.29 is 4.79 Å². The molecule has 3 nitrogen and oxygen atoms in total. The maximum atomic E-state index is 11.9. The predicted octanol–water partition coefficient (Wildman–Crippen LogP) is 4.11. The number of amides is 1. The quantitative estimate of drug-likeness (QED) is 0.786. The zero-order valence-corrected chi connectivity index (χ0v) is 12.9. The SMILES string of the molecule is O=C(CCNCc1ccccc1)Nc1c(Cl)cccc1Cl. The van der Waals surface area contributed by atoms with Crippen molar-refractivity contribution in [2.45, 2.75) is 13.0 Å². The van der Waals surface area contributed by atoms with Gasteiger partial charge in [-0.15, -0.1) is 0 Å². The van der Waals surface area contributed by atoms with E-state index in [-0.39, 0.29) is 5.91 Å². The molecule has 0 fully saturated rings. The Bertz CT molecular complexity index is 582. The summed E-state index contributed by atoms with van der Waals surface area (Å²) >= 11 is 12.0. The molecule has 2 aromatic carbocycles. The van der Waals surface area contributed by atoms with Crippen molar-refractivity contribution in [1.29, 1.82) is 0 Å². The molecule has 0 aliphatic carbocycles. The summed E-state index contributed by atoms with van der Waals surface area (Å²) in [5, 5.41) is 6.83. The number of carbonyl (C=O) groups is 1. The topological polar surface area (TPSA) is 41.1 Å². The Morgan fingerprint density at radius 3 is 2.29 bits per heavy atom. The lowest BCUT2D eigenvalue weighted by atomic mass is 10.2. The molecule has 0 bridgehead atoms. The lowest BCUT2D eigenvalue weighted by Crippen LogP contribution is -2.21. The Kier molecular flexibility index (Phi) is 6.05. The molecule has 0 aliphatic rings. The van der Waals surface area contributed by atoms with Crippen LogP contribution in [0.1, 0.15) is 12.0 Å². The second-order valence-electron chi connectivity index (χ2n) is 4.56. The number of nitrogens with one attached hydrogen (secondary N) is 2. The van der Waals surface area contributed by atoms with Crippen molar-refractivity contribution in [2.75, 3.05) is 11.9 Å². The highest BCUT2D eigenvalue weighted by Crippen LogP contribution is 2.29. The van der Waals surface area contributed by atoms with E-state index in [2.05, 4.69) is 10.6 Å². The van der Waals surface area contributed by atoms with Gasteiger partial charge < -0.3 is 10.6 Å². The van der Waals surface area contributed by atoms with Crippen LogP contribution in [0.4, 0.5) is 5.69 Å². The summed E-state index contributed by atoms with van der Waals surface area (Å²) in [6.45, 7) is 1.32. The first-order valence-electron chi connectivity index (χ1n) is 6.65. The molecule has 0 heterocycles. The lowest BCUT2D eigenvalue weighted by Gasteiger charge is -2.09. The number of halogens is 2. The monoisotopic (exact) mass is 322 g/mol. The summed E-state index contributed by atoms with van der Waals surface area (Å²) in [6, 6.07) is 15.2. The lowest BCUT2D eigenvalue weighted by molar-refractivity contribution is -0.116. The van der Waals surface area contributed by atoms with Crippen molar-refractivity contribution in [3.05, 3.63) is 64.1 Å². The molecule has 0 radical (unpaired) electrons. The molecule has 1 amide bonds. The zero-order chi connectivity index (χ0) is 15.1. The number of carbonyl (C=O) groups excluding carboxylic acids is 1. The molecule has 0 saturated heterocycles. The second-order valence-corrected chi connectivity index (χ2v) is 5.37. The van der Waals surface area contributed by atoms with E-state index in [1.54, 1.807) is 18.2 Å². The van der Waals surface area contributed by atoms with Gasteiger partial charge in [-0.1, -0.05) is 59.6 Å². The van der Waals surface area contributed by atoms with Crippen molar-refractivity contribution in [3.63, 3.8) is 0 Å². The van der Waals surface area contributed by atoms with Crippen LogP contribution in [-0.2, 0) is 11.3 Å². The fourth-order valence-electron chi connectivity index (χ4n) is 1.85. The van der Waals surface area contributed by atoms with Crippen molar-refractivity contribution in [1.82, 2.24) is 5.32 Å². The summed E-state index contributed by atoms with van der Waals surface area (Å²) in [5.41, 5.74) is 1.65. The summed E-state index contributed by atoms with van der Waals surface area (Å²) in [5.74, 6) is -0.120. The van der Waals surface area contributed by atoms with Gasteiger partial charge in [-0.2, -0.15) is 0 Å². The first-order chi connectivity index (χ1) is 10.2. The molecular weight excluding hydrogens is 307 g/mol. The van der Waals surface area contributed by atoms with E-state index in [9.17, 15) is 4.79 Å². The first-order valence-corrected chi connectivity index (χ1v) is 7.41. The van der Waals surface area contributed by atoms with Gasteiger partial charge in [-0.05, 0) is 17.7 Å². The third-order valence-corrected chi connectivity index (χ3v) is 3.56. The summed E-state index contributed by atoms with van der Waals surface area (Å²) in [4.78, 5) is 11.9. The second kappa shape index (κ2) is 8.03. The van der Waals surface area contributed by atoms with E-state index in [0.29, 0.717) is 28.7 Å². The van der Waals surface area contributed by atoms with Gasteiger partial charge in [0.25, 0.3) is 0 Å². The van der Waals surface area contributed by atoms with E-state index in [4.69, 9.17) is 23.2 Å². The van der Waals surface area contributed by atoms with Crippen LogP contribution in [0.15, 0.2) is 48.5 Å². The van der Waals surface area contributed by atoms with Crippen molar-refractivity contribution >= 4 is 34.8 Å². The van der Waals surface area contributed by atoms with Gasteiger partial charge in [0.15, 0.2) is 0 Å². The van der Waals surface area contributed by atoms with Crippen LogP contribution >= 0.6 is 23.2 Å². The molecule has 2 aromatic rings. The Labute approximate surface area is 134 Å². The van der Waals surface area contributed by atoms with Gasteiger partial charge in [-0.25, -0.2) is 0 Å². The highest BCUT2D eigenvalue weighted by molar-refractivity contribution is 6.39. The molecule has 0 saturated carbocycles. The normalized spacial score (nSPS) is 10.4. The number of rotatable bonds is 6. The van der Waals surface area contributed by atoms with Gasteiger partial charge in [0.2, 0.25) is 5.91 Å². The number of benzene rings is 2. The van der Waals surface area contributed by atoms with E-state index >= 15 is 0 Å². The van der Waals surface area contributed by atoms with E-state index in [1.165, 1.54) is 5.56 Å². The minimum atomic E-state index is -0.120. The average molecular weight is 323 g/mol. The van der Waals surface area contributed by atoms with E-state index in [0.717, 1.165) is 6.54 Å².